The Bertz CT molecular complexity index is 457. The highest BCUT2D eigenvalue weighted by Gasteiger charge is 2.12. The summed E-state index contributed by atoms with van der Waals surface area (Å²) in [6.45, 7) is 5.92. The zero-order valence-corrected chi connectivity index (χ0v) is 13.9. The van der Waals surface area contributed by atoms with E-state index in [1.54, 1.807) is 6.08 Å². The number of rotatable bonds is 10. The van der Waals surface area contributed by atoms with Gasteiger partial charge in [-0.15, -0.1) is 0 Å². The normalized spacial score (nSPS) is 13.3. The second-order valence-corrected chi connectivity index (χ2v) is 6.52. The topological polar surface area (TPSA) is 46.5 Å². The molecule has 0 radical (unpaired) electrons. The molecule has 1 aromatic rings. The summed E-state index contributed by atoms with van der Waals surface area (Å²) in [5.74, 6) is 1.21. The molecule has 0 aliphatic carbocycles. The molecular formula is C19H28O3. The molecule has 0 amide bonds. The SMILES string of the molecule is C[C@@H](CC=CC(=O)COc1ccccc1)CCCC(C)(C)O. The van der Waals surface area contributed by atoms with E-state index < -0.39 is 5.60 Å². The maximum Gasteiger partial charge on any atom is 0.192 e. The zero-order chi connectivity index (χ0) is 16.4. The number of carbonyl (C=O) groups is 1. The molecule has 1 aromatic carbocycles. The first-order valence-corrected chi connectivity index (χ1v) is 7.96. The zero-order valence-electron chi connectivity index (χ0n) is 13.9. The molecule has 3 heteroatoms. The first kappa shape index (κ1) is 18.4. The lowest BCUT2D eigenvalue weighted by Crippen LogP contribution is -2.18. The maximum absolute atomic E-state index is 11.7. The Kier molecular flexibility index (Phi) is 7.89. The number of hydrogen-bond donors (Lipinski definition) is 1. The van der Waals surface area contributed by atoms with Gasteiger partial charge >= 0.3 is 0 Å². The first-order chi connectivity index (χ1) is 10.4. The van der Waals surface area contributed by atoms with Crippen molar-refractivity contribution >= 4 is 5.78 Å². The molecule has 3 nitrogen and oxygen atoms in total. The number of benzene rings is 1. The summed E-state index contributed by atoms with van der Waals surface area (Å²) in [4.78, 5) is 11.7. The molecule has 0 aliphatic rings. The van der Waals surface area contributed by atoms with Gasteiger partial charge in [0.2, 0.25) is 0 Å². The number of ketones is 1. The summed E-state index contributed by atoms with van der Waals surface area (Å²) in [5, 5.41) is 9.66. The van der Waals surface area contributed by atoms with Gasteiger partial charge in [-0.1, -0.05) is 44.0 Å². The smallest absolute Gasteiger partial charge is 0.192 e. The summed E-state index contributed by atoms with van der Waals surface area (Å²) in [6, 6.07) is 9.34. The van der Waals surface area contributed by atoms with Crippen molar-refractivity contribution in [1.29, 1.82) is 0 Å². The van der Waals surface area contributed by atoms with Gasteiger partial charge in [0.15, 0.2) is 12.4 Å². The Morgan fingerprint density at radius 3 is 2.64 bits per heavy atom. The Balaban J connectivity index is 2.17. The molecule has 1 rings (SSSR count). The third-order valence-corrected chi connectivity index (χ3v) is 3.45. The largest absolute Gasteiger partial charge is 0.485 e. The number of hydrogen-bond acceptors (Lipinski definition) is 3. The second kappa shape index (κ2) is 9.42. The summed E-state index contributed by atoms with van der Waals surface area (Å²) < 4.78 is 5.40. The van der Waals surface area contributed by atoms with Crippen molar-refractivity contribution in [3.05, 3.63) is 42.5 Å². The van der Waals surface area contributed by atoms with Crippen LogP contribution in [0.3, 0.4) is 0 Å². The lowest BCUT2D eigenvalue weighted by Gasteiger charge is -2.17. The van der Waals surface area contributed by atoms with Crippen LogP contribution in [0.5, 0.6) is 5.75 Å². The van der Waals surface area contributed by atoms with Crippen LogP contribution in [0.2, 0.25) is 0 Å². The van der Waals surface area contributed by atoms with Crippen molar-refractivity contribution in [3.63, 3.8) is 0 Å². The monoisotopic (exact) mass is 304 g/mol. The Hall–Kier alpha value is -1.61. The van der Waals surface area contributed by atoms with Gasteiger partial charge in [0.05, 0.1) is 5.60 Å². The molecule has 0 spiro atoms. The van der Waals surface area contributed by atoms with Gasteiger partial charge in [0.1, 0.15) is 5.75 Å². The van der Waals surface area contributed by atoms with Crippen molar-refractivity contribution in [2.45, 2.75) is 52.1 Å². The molecule has 22 heavy (non-hydrogen) atoms. The molecule has 122 valence electrons. The quantitative estimate of drug-likeness (QED) is 0.660. The summed E-state index contributed by atoms with van der Waals surface area (Å²) in [5.41, 5.74) is -0.583. The number of aliphatic hydroxyl groups is 1. The molecule has 0 saturated heterocycles. The van der Waals surface area contributed by atoms with Crippen LogP contribution in [0, 0.1) is 5.92 Å². The summed E-state index contributed by atoms with van der Waals surface area (Å²) >= 11 is 0. The van der Waals surface area contributed by atoms with Crippen LogP contribution < -0.4 is 4.74 Å². The van der Waals surface area contributed by atoms with Gasteiger partial charge < -0.3 is 9.84 Å². The van der Waals surface area contributed by atoms with Crippen LogP contribution >= 0.6 is 0 Å². The van der Waals surface area contributed by atoms with Gasteiger partial charge in [-0.2, -0.15) is 0 Å². The summed E-state index contributed by atoms with van der Waals surface area (Å²) in [7, 11) is 0. The van der Waals surface area contributed by atoms with Gasteiger partial charge in [0.25, 0.3) is 0 Å². The number of para-hydroxylation sites is 1. The predicted octanol–water partition coefficient (Wildman–Crippen LogP) is 4.16. The van der Waals surface area contributed by atoms with Crippen LogP contribution in [-0.4, -0.2) is 23.1 Å². The van der Waals surface area contributed by atoms with Gasteiger partial charge in [0, 0.05) is 0 Å². The van der Waals surface area contributed by atoms with E-state index in [0.717, 1.165) is 25.7 Å². The highest BCUT2D eigenvalue weighted by atomic mass is 16.5. The minimum Gasteiger partial charge on any atom is -0.485 e. The predicted molar refractivity (Wildman–Crippen MR) is 90.0 cm³/mol. The summed E-state index contributed by atoms with van der Waals surface area (Å²) in [6.07, 6.45) is 7.28. The van der Waals surface area contributed by atoms with Crippen LogP contribution in [0.25, 0.3) is 0 Å². The molecule has 0 fully saturated rings. The molecule has 1 N–H and O–H groups in total. The lowest BCUT2D eigenvalue weighted by atomic mass is 9.95. The number of carbonyl (C=O) groups excluding carboxylic acids is 1. The van der Waals surface area contributed by atoms with Crippen molar-refractivity contribution in [3.8, 4) is 5.75 Å². The molecule has 0 aromatic heterocycles. The van der Waals surface area contributed by atoms with Crippen LogP contribution in [-0.2, 0) is 4.79 Å². The first-order valence-electron chi connectivity index (χ1n) is 7.96. The van der Waals surface area contributed by atoms with Crippen LogP contribution in [0.15, 0.2) is 42.5 Å². The van der Waals surface area contributed by atoms with E-state index >= 15 is 0 Å². The Labute approximate surface area is 134 Å². The third-order valence-electron chi connectivity index (χ3n) is 3.45. The van der Waals surface area contributed by atoms with E-state index in [-0.39, 0.29) is 12.4 Å². The van der Waals surface area contributed by atoms with Gasteiger partial charge in [-0.05, 0) is 50.8 Å². The van der Waals surface area contributed by atoms with Crippen molar-refractivity contribution in [1.82, 2.24) is 0 Å². The third kappa shape index (κ3) is 9.35. The highest BCUT2D eigenvalue weighted by molar-refractivity contribution is 5.90. The van der Waals surface area contributed by atoms with Crippen LogP contribution in [0.4, 0.5) is 0 Å². The van der Waals surface area contributed by atoms with E-state index in [9.17, 15) is 9.90 Å². The molecule has 0 aliphatic heterocycles. The Morgan fingerprint density at radius 1 is 1.32 bits per heavy atom. The maximum atomic E-state index is 11.7. The van der Waals surface area contributed by atoms with E-state index in [0.29, 0.717) is 11.7 Å². The van der Waals surface area contributed by atoms with Crippen LogP contribution in [0.1, 0.15) is 46.5 Å². The fraction of sp³-hybridized carbons (Fsp3) is 0.526. The fourth-order valence-corrected chi connectivity index (χ4v) is 2.15. The molecule has 0 unspecified atom stereocenters. The van der Waals surface area contributed by atoms with E-state index in [1.807, 2.05) is 50.3 Å². The minimum absolute atomic E-state index is 0.0208. The highest BCUT2D eigenvalue weighted by Crippen LogP contribution is 2.18. The van der Waals surface area contributed by atoms with Crippen molar-refractivity contribution in [2.75, 3.05) is 6.61 Å². The van der Waals surface area contributed by atoms with Gasteiger partial charge in [-0.25, -0.2) is 0 Å². The lowest BCUT2D eigenvalue weighted by molar-refractivity contribution is -0.116. The average Bonchev–Trinajstić information content (AvgIpc) is 2.45. The molecule has 0 bridgehead atoms. The molecule has 0 saturated carbocycles. The fourth-order valence-electron chi connectivity index (χ4n) is 2.15. The van der Waals surface area contributed by atoms with Gasteiger partial charge in [-0.3, -0.25) is 4.79 Å². The van der Waals surface area contributed by atoms with E-state index in [1.165, 1.54) is 0 Å². The molecular weight excluding hydrogens is 276 g/mol. The molecule has 1 atom stereocenters. The second-order valence-electron chi connectivity index (χ2n) is 6.52. The van der Waals surface area contributed by atoms with E-state index in [4.69, 9.17) is 4.74 Å². The van der Waals surface area contributed by atoms with E-state index in [2.05, 4.69) is 6.92 Å². The average molecular weight is 304 g/mol. The number of ether oxygens (including phenoxy) is 1. The Morgan fingerprint density at radius 2 is 2.00 bits per heavy atom. The van der Waals surface area contributed by atoms with Crippen molar-refractivity contribution < 1.29 is 14.6 Å². The number of allylic oxidation sites excluding steroid dienone is 1. The molecule has 0 heterocycles. The standard InChI is InChI=1S/C19H28O3/c1-16(10-8-14-19(2,3)21)9-7-11-17(20)15-22-18-12-5-4-6-13-18/h4-7,11-13,16,21H,8-10,14-15H2,1-3H3/t16-/m0/s1. The van der Waals surface area contributed by atoms with Crippen molar-refractivity contribution in [2.24, 2.45) is 5.92 Å². The minimum atomic E-state index is -0.583.